The first-order valence-electron chi connectivity index (χ1n) is 3.22. The average Bonchev–Trinajstić information content (AvgIpc) is 2.13. The minimum absolute atomic E-state index is 1.06. The first-order chi connectivity index (χ1) is 4.43. The summed E-state index contributed by atoms with van der Waals surface area (Å²) in [7, 11) is 0. The van der Waals surface area contributed by atoms with Gasteiger partial charge in [-0.2, -0.15) is 0 Å². The second kappa shape index (κ2) is 3.13. The summed E-state index contributed by atoms with van der Waals surface area (Å²) in [6.07, 6.45) is 11.1. The summed E-state index contributed by atoms with van der Waals surface area (Å²) in [5, 5.41) is 3.15. The van der Waals surface area contributed by atoms with Gasteiger partial charge in [0.25, 0.3) is 0 Å². The molecule has 1 aliphatic heterocycles. The Morgan fingerprint density at radius 1 is 1.33 bits per heavy atom. The van der Waals surface area contributed by atoms with Crippen LogP contribution in [0.2, 0.25) is 0 Å². The Hall–Kier alpha value is -0.980. The van der Waals surface area contributed by atoms with Crippen LogP contribution in [0.1, 0.15) is 13.3 Å². The van der Waals surface area contributed by atoms with Gasteiger partial charge in [0, 0.05) is 11.9 Å². The maximum absolute atomic E-state index is 3.15. The summed E-state index contributed by atoms with van der Waals surface area (Å²) < 4.78 is 0. The van der Waals surface area contributed by atoms with Gasteiger partial charge in [0.15, 0.2) is 0 Å². The molecule has 1 heterocycles. The Kier molecular flexibility index (Phi) is 2.13. The van der Waals surface area contributed by atoms with Crippen LogP contribution in [0.4, 0.5) is 0 Å². The van der Waals surface area contributed by atoms with Crippen molar-refractivity contribution in [2.45, 2.75) is 13.3 Å². The van der Waals surface area contributed by atoms with Gasteiger partial charge in [0.2, 0.25) is 0 Å². The lowest BCUT2D eigenvalue weighted by molar-refractivity contribution is 0.947. The van der Waals surface area contributed by atoms with Gasteiger partial charge in [-0.3, -0.25) is 0 Å². The van der Waals surface area contributed by atoms with Crippen molar-refractivity contribution in [2.24, 2.45) is 0 Å². The lowest BCUT2D eigenvalue weighted by atomic mass is 10.3. The van der Waals surface area contributed by atoms with Crippen LogP contribution in [0.5, 0.6) is 0 Å². The molecule has 0 bridgehead atoms. The van der Waals surface area contributed by atoms with Crippen molar-refractivity contribution in [2.75, 3.05) is 0 Å². The number of rotatable bonds is 1. The number of hydrogen-bond acceptors (Lipinski definition) is 1. The zero-order chi connectivity index (χ0) is 6.53. The fraction of sp³-hybridized carbons (Fsp3) is 0.250. The standard InChI is InChI=1S/C8H11N/c1-2-8-6-4-3-5-7-9-8/h3-7,9H,2H2,1H3. The molecule has 0 aliphatic carbocycles. The molecule has 0 saturated carbocycles. The fourth-order valence-corrected chi connectivity index (χ4v) is 0.715. The molecule has 0 aromatic heterocycles. The third kappa shape index (κ3) is 1.76. The topological polar surface area (TPSA) is 12.0 Å². The number of hydrogen-bond donors (Lipinski definition) is 1. The van der Waals surface area contributed by atoms with E-state index in [4.69, 9.17) is 0 Å². The van der Waals surface area contributed by atoms with E-state index < -0.39 is 0 Å². The summed E-state index contributed by atoms with van der Waals surface area (Å²) in [5.41, 5.74) is 1.26. The van der Waals surface area contributed by atoms with E-state index in [1.165, 1.54) is 5.70 Å². The molecule has 0 spiro atoms. The van der Waals surface area contributed by atoms with Crippen LogP contribution in [0.25, 0.3) is 0 Å². The van der Waals surface area contributed by atoms with Crippen molar-refractivity contribution in [3.63, 3.8) is 0 Å². The molecule has 1 heteroatoms. The zero-order valence-electron chi connectivity index (χ0n) is 5.59. The van der Waals surface area contributed by atoms with Gasteiger partial charge < -0.3 is 5.32 Å². The fourth-order valence-electron chi connectivity index (χ4n) is 0.715. The second-order valence-corrected chi connectivity index (χ2v) is 1.93. The van der Waals surface area contributed by atoms with Crippen LogP contribution in [0, 0.1) is 0 Å². The van der Waals surface area contributed by atoms with E-state index in [0.29, 0.717) is 0 Å². The average molecular weight is 121 g/mol. The third-order valence-corrected chi connectivity index (χ3v) is 1.27. The molecule has 0 aromatic rings. The summed E-state index contributed by atoms with van der Waals surface area (Å²) in [6, 6.07) is 0. The van der Waals surface area contributed by atoms with Gasteiger partial charge in [-0.1, -0.05) is 19.1 Å². The predicted molar refractivity (Wildman–Crippen MR) is 39.8 cm³/mol. The van der Waals surface area contributed by atoms with Gasteiger partial charge >= 0.3 is 0 Å². The van der Waals surface area contributed by atoms with Crippen LogP contribution < -0.4 is 5.32 Å². The molecular weight excluding hydrogens is 110 g/mol. The van der Waals surface area contributed by atoms with E-state index in [-0.39, 0.29) is 0 Å². The molecule has 0 aromatic carbocycles. The number of nitrogens with one attached hydrogen (secondary N) is 1. The van der Waals surface area contributed by atoms with E-state index in [1.54, 1.807) is 0 Å². The highest BCUT2D eigenvalue weighted by molar-refractivity contribution is 5.20. The van der Waals surface area contributed by atoms with Gasteiger partial charge in [0.05, 0.1) is 0 Å². The van der Waals surface area contributed by atoms with E-state index >= 15 is 0 Å². The largest absolute Gasteiger partial charge is 0.365 e. The second-order valence-electron chi connectivity index (χ2n) is 1.93. The first-order valence-corrected chi connectivity index (χ1v) is 3.22. The number of allylic oxidation sites excluding steroid dienone is 5. The summed E-state index contributed by atoms with van der Waals surface area (Å²) in [6.45, 7) is 2.13. The van der Waals surface area contributed by atoms with Crippen molar-refractivity contribution >= 4 is 0 Å². The van der Waals surface area contributed by atoms with Crippen molar-refractivity contribution in [1.29, 1.82) is 0 Å². The highest BCUT2D eigenvalue weighted by Gasteiger charge is 1.87. The van der Waals surface area contributed by atoms with E-state index in [2.05, 4.69) is 18.3 Å². The SMILES string of the molecule is CCC1=CC=CC=CN1. The maximum atomic E-state index is 3.15. The van der Waals surface area contributed by atoms with Crippen molar-refractivity contribution < 1.29 is 0 Å². The Bertz CT molecular complexity index is 163. The summed E-state index contributed by atoms with van der Waals surface area (Å²) in [4.78, 5) is 0. The minimum atomic E-state index is 1.06. The van der Waals surface area contributed by atoms with Crippen LogP contribution in [-0.4, -0.2) is 0 Å². The summed E-state index contributed by atoms with van der Waals surface area (Å²) in [5.74, 6) is 0. The van der Waals surface area contributed by atoms with E-state index in [1.807, 2.05) is 24.4 Å². The monoisotopic (exact) mass is 121 g/mol. The molecule has 48 valence electrons. The first kappa shape index (κ1) is 6.14. The smallest absolute Gasteiger partial charge is 0.0143 e. The van der Waals surface area contributed by atoms with Gasteiger partial charge in [-0.05, 0) is 18.6 Å². The molecular formula is C8H11N. The van der Waals surface area contributed by atoms with Crippen LogP contribution >= 0.6 is 0 Å². The summed E-state index contributed by atoms with van der Waals surface area (Å²) >= 11 is 0. The Balaban J connectivity index is 2.62. The molecule has 0 fully saturated rings. The molecule has 0 unspecified atom stereocenters. The van der Waals surface area contributed by atoms with Crippen LogP contribution in [0.15, 0.2) is 36.2 Å². The van der Waals surface area contributed by atoms with Crippen LogP contribution in [-0.2, 0) is 0 Å². The molecule has 0 amide bonds. The normalized spacial score (nSPS) is 16.3. The molecule has 1 nitrogen and oxygen atoms in total. The quantitative estimate of drug-likeness (QED) is 0.559. The molecule has 1 rings (SSSR count). The van der Waals surface area contributed by atoms with E-state index in [0.717, 1.165) is 6.42 Å². The Morgan fingerprint density at radius 2 is 2.22 bits per heavy atom. The minimum Gasteiger partial charge on any atom is -0.365 e. The van der Waals surface area contributed by atoms with Gasteiger partial charge in [-0.15, -0.1) is 0 Å². The maximum Gasteiger partial charge on any atom is 0.0143 e. The molecule has 0 atom stereocenters. The van der Waals surface area contributed by atoms with Gasteiger partial charge in [0.1, 0.15) is 0 Å². The lowest BCUT2D eigenvalue weighted by Gasteiger charge is -1.98. The Labute approximate surface area is 55.8 Å². The zero-order valence-corrected chi connectivity index (χ0v) is 5.59. The highest BCUT2D eigenvalue weighted by Crippen LogP contribution is 1.98. The Morgan fingerprint density at radius 3 is 3.00 bits per heavy atom. The predicted octanol–water partition coefficient (Wildman–Crippen LogP) is 1.95. The molecule has 9 heavy (non-hydrogen) atoms. The van der Waals surface area contributed by atoms with Crippen LogP contribution in [0.3, 0.4) is 0 Å². The lowest BCUT2D eigenvalue weighted by Crippen LogP contribution is -2.01. The highest BCUT2D eigenvalue weighted by atomic mass is 14.8. The molecule has 0 saturated heterocycles. The van der Waals surface area contributed by atoms with E-state index in [9.17, 15) is 0 Å². The molecule has 1 N–H and O–H groups in total. The van der Waals surface area contributed by atoms with Gasteiger partial charge in [-0.25, -0.2) is 0 Å². The van der Waals surface area contributed by atoms with Crippen molar-refractivity contribution in [1.82, 2.24) is 5.32 Å². The molecule has 0 radical (unpaired) electrons. The molecule has 1 aliphatic rings. The van der Waals surface area contributed by atoms with Crippen molar-refractivity contribution in [3.8, 4) is 0 Å². The van der Waals surface area contributed by atoms with Crippen molar-refractivity contribution in [3.05, 3.63) is 36.2 Å². The third-order valence-electron chi connectivity index (χ3n) is 1.27.